The van der Waals surface area contributed by atoms with Crippen LogP contribution >= 0.6 is 11.6 Å². The van der Waals surface area contributed by atoms with Gasteiger partial charge in [0.25, 0.3) is 5.91 Å². The maximum atomic E-state index is 12.5. The predicted molar refractivity (Wildman–Crippen MR) is 110 cm³/mol. The van der Waals surface area contributed by atoms with Gasteiger partial charge in [-0.15, -0.1) is 0 Å². The van der Waals surface area contributed by atoms with Crippen molar-refractivity contribution in [2.75, 3.05) is 20.2 Å². The van der Waals surface area contributed by atoms with E-state index in [1.165, 1.54) is 24.3 Å². The van der Waals surface area contributed by atoms with Crippen molar-refractivity contribution in [1.82, 2.24) is 9.62 Å². The summed E-state index contributed by atoms with van der Waals surface area (Å²) in [5.41, 5.74) is 0.432. The highest BCUT2D eigenvalue weighted by atomic mass is 35.5. The summed E-state index contributed by atoms with van der Waals surface area (Å²) in [6.07, 6.45) is 0.652. The van der Waals surface area contributed by atoms with Crippen molar-refractivity contribution in [1.29, 1.82) is 0 Å². The molecule has 0 aromatic heterocycles. The van der Waals surface area contributed by atoms with Gasteiger partial charge < -0.3 is 9.64 Å². The number of nitrogens with one attached hydrogen (secondary N) is 1. The zero-order valence-electron chi connectivity index (χ0n) is 16.2. The molecule has 0 unspecified atom stereocenters. The lowest BCUT2D eigenvalue weighted by Crippen LogP contribution is -2.30. The first-order chi connectivity index (χ1) is 13.2. The number of carbonyl (C=O) groups is 1. The zero-order chi connectivity index (χ0) is 20.7. The molecule has 0 fully saturated rings. The number of halogens is 1. The van der Waals surface area contributed by atoms with Crippen LogP contribution in [0.1, 0.15) is 30.6 Å². The van der Waals surface area contributed by atoms with E-state index in [2.05, 4.69) is 4.72 Å². The molecular weight excluding hydrogens is 400 g/mol. The number of sulfonamides is 1. The summed E-state index contributed by atoms with van der Waals surface area (Å²) < 4.78 is 32.4. The minimum absolute atomic E-state index is 0.135. The molecule has 0 aliphatic heterocycles. The Morgan fingerprint density at radius 3 is 2.46 bits per heavy atom. The van der Waals surface area contributed by atoms with E-state index in [4.69, 9.17) is 16.3 Å². The molecule has 0 radical (unpaired) electrons. The normalized spacial score (nSPS) is 11.5. The molecule has 0 saturated heterocycles. The number of carbonyl (C=O) groups excluding carboxylic acids is 1. The summed E-state index contributed by atoms with van der Waals surface area (Å²) in [6, 6.07) is 12.9. The van der Waals surface area contributed by atoms with Crippen molar-refractivity contribution in [3.8, 4) is 5.75 Å². The minimum atomic E-state index is -3.57. The lowest BCUT2D eigenvalue weighted by atomic mass is 10.2. The van der Waals surface area contributed by atoms with E-state index in [9.17, 15) is 13.2 Å². The summed E-state index contributed by atoms with van der Waals surface area (Å²) in [5, 5.41) is 0.610. The molecule has 0 aliphatic rings. The first kappa shape index (κ1) is 22.2. The van der Waals surface area contributed by atoms with Crippen molar-refractivity contribution in [3.63, 3.8) is 0 Å². The zero-order valence-corrected chi connectivity index (χ0v) is 17.8. The fourth-order valence-corrected chi connectivity index (χ4v) is 3.96. The molecule has 2 aromatic carbocycles. The lowest BCUT2D eigenvalue weighted by Gasteiger charge is -2.18. The van der Waals surface area contributed by atoms with Gasteiger partial charge in [-0.1, -0.05) is 17.7 Å². The Hall–Kier alpha value is -2.09. The third kappa shape index (κ3) is 6.51. The average molecular weight is 425 g/mol. The molecule has 0 spiro atoms. The van der Waals surface area contributed by atoms with E-state index in [0.29, 0.717) is 35.9 Å². The van der Waals surface area contributed by atoms with Crippen LogP contribution in [0.5, 0.6) is 5.75 Å². The first-order valence-electron chi connectivity index (χ1n) is 8.95. The predicted octanol–water partition coefficient (Wildman–Crippen LogP) is 3.57. The van der Waals surface area contributed by atoms with Crippen molar-refractivity contribution in [2.24, 2.45) is 0 Å². The highest BCUT2D eigenvalue weighted by Gasteiger charge is 2.17. The molecule has 2 rings (SSSR count). The molecular formula is C20H25ClN2O4S. The fourth-order valence-electron chi connectivity index (χ4n) is 2.53. The molecule has 0 saturated carbocycles. The lowest BCUT2D eigenvalue weighted by molar-refractivity contribution is 0.0787. The third-order valence-electron chi connectivity index (χ3n) is 3.85. The second-order valence-corrected chi connectivity index (χ2v) is 8.84. The van der Waals surface area contributed by atoms with Crippen LogP contribution in [0, 0.1) is 0 Å². The molecule has 0 heterocycles. The summed E-state index contributed by atoms with van der Waals surface area (Å²) in [7, 11) is -1.87. The number of hydrogen-bond acceptors (Lipinski definition) is 4. The van der Waals surface area contributed by atoms with Gasteiger partial charge in [-0.2, -0.15) is 0 Å². The van der Waals surface area contributed by atoms with Gasteiger partial charge in [0.15, 0.2) is 0 Å². The molecule has 0 bridgehead atoms. The monoisotopic (exact) mass is 424 g/mol. The number of hydrogen-bond donors (Lipinski definition) is 1. The summed E-state index contributed by atoms with van der Waals surface area (Å²) in [4.78, 5) is 14.2. The van der Waals surface area contributed by atoms with Crippen LogP contribution in [-0.2, 0) is 10.0 Å². The van der Waals surface area contributed by atoms with Crippen molar-refractivity contribution in [2.45, 2.75) is 31.2 Å². The minimum Gasteiger partial charge on any atom is -0.493 e. The molecule has 6 nitrogen and oxygen atoms in total. The van der Waals surface area contributed by atoms with E-state index in [-0.39, 0.29) is 16.8 Å². The van der Waals surface area contributed by atoms with E-state index in [1.54, 1.807) is 37.9 Å². The number of rotatable bonds is 9. The second-order valence-electron chi connectivity index (χ2n) is 6.69. The topological polar surface area (TPSA) is 75.7 Å². The van der Waals surface area contributed by atoms with Crippen molar-refractivity contribution in [3.05, 3.63) is 59.1 Å². The van der Waals surface area contributed by atoms with Gasteiger partial charge in [0.2, 0.25) is 10.0 Å². The molecule has 0 atom stereocenters. The molecule has 152 valence electrons. The maximum absolute atomic E-state index is 12.5. The van der Waals surface area contributed by atoms with E-state index >= 15 is 0 Å². The largest absolute Gasteiger partial charge is 0.493 e. The van der Waals surface area contributed by atoms with Crippen LogP contribution in [0.3, 0.4) is 0 Å². The Morgan fingerprint density at radius 1 is 1.18 bits per heavy atom. The van der Waals surface area contributed by atoms with Gasteiger partial charge in [-0.3, -0.25) is 4.79 Å². The molecule has 1 amide bonds. The van der Waals surface area contributed by atoms with Crippen LogP contribution in [-0.4, -0.2) is 45.5 Å². The molecule has 2 aromatic rings. The molecule has 28 heavy (non-hydrogen) atoms. The van der Waals surface area contributed by atoms with Gasteiger partial charge in [-0.25, -0.2) is 13.1 Å². The smallest absolute Gasteiger partial charge is 0.253 e. The van der Waals surface area contributed by atoms with Gasteiger partial charge in [0.05, 0.1) is 11.5 Å². The quantitative estimate of drug-likeness (QED) is 0.624. The van der Waals surface area contributed by atoms with Crippen LogP contribution in [0.25, 0.3) is 0 Å². The Bertz CT molecular complexity index is 899. The Kier molecular flexibility index (Phi) is 7.86. The van der Waals surface area contributed by atoms with Gasteiger partial charge in [0.1, 0.15) is 5.75 Å². The Morgan fingerprint density at radius 2 is 1.86 bits per heavy atom. The van der Waals surface area contributed by atoms with E-state index < -0.39 is 10.0 Å². The SMILES string of the molecule is CC(C)NS(=O)(=O)c1ccc(C(=O)N(C)CCCOc2cccc(Cl)c2)cc1. The van der Waals surface area contributed by atoms with Crippen molar-refractivity contribution < 1.29 is 17.9 Å². The Balaban J connectivity index is 1.87. The summed E-state index contributed by atoms with van der Waals surface area (Å²) in [5.74, 6) is 0.511. The maximum Gasteiger partial charge on any atom is 0.253 e. The highest BCUT2D eigenvalue weighted by molar-refractivity contribution is 7.89. The first-order valence-corrected chi connectivity index (χ1v) is 10.8. The van der Waals surface area contributed by atoms with Crippen LogP contribution in [0.4, 0.5) is 0 Å². The number of ether oxygens (including phenoxy) is 1. The van der Waals surface area contributed by atoms with Gasteiger partial charge in [-0.05, 0) is 62.7 Å². The third-order valence-corrected chi connectivity index (χ3v) is 5.76. The van der Waals surface area contributed by atoms with E-state index in [0.717, 1.165) is 0 Å². The number of nitrogens with zero attached hydrogens (tertiary/aromatic N) is 1. The number of benzene rings is 2. The highest BCUT2D eigenvalue weighted by Crippen LogP contribution is 2.17. The van der Waals surface area contributed by atoms with Gasteiger partial charge in [0, 0.05) is 30.2 Å². The second kappa shape index (κ2) is 9.91. The van der Waals surface area contributed by atoms with E-state index in [1.807, 2.05) is 12.1 Å². The average Bonchev–Trinajstić information content (AvgIpc) is 2.63. The van der Waals surface area contributed by atoms with Crippen LogP contribution in [0.2, 0.25) is 5.02 Å². The van der Waals surface area contributed by atoms with Crippen LogP contribution in [0.15, 0.2) is 53.4 Å². The molecule has 8 heteroatoms. The summed E-state index contributed by atoms with van der Waals surface area (Å²) in [6.45, 7) is 4.46. The molecule has 0 aliphatic carbocycles. The molecule has 1 N–H and O–H groups in total. The standard InChI is InChI=1S/C20H25ClN2O4S/c1-15(2)22-28(25,26)19-10-8-16(9-11-19)20(24)23(3)12-5-13-27-18-7-4-6-17(21)14-18/h4,6-11,14-15,22H,5,12-13H2,1-3H3. The Labute approximate surface area is 171 Å². The fraction of sp³-hybridized carbons (Fsp3) is 0.350. The van der Waals surface area contributed by atoms with Gasteiger partial charge >= 0.3 is 0 Å². The van der Waals surface area contributed by atoms with Crippen LogP contribution < -0.4 is 9.46 Å². The number of amides is 1. The summed E-state index contributed by atoms with van der Waals surface area (Å²) >= 11 is 5.91. The van der Waals surface area contributed by atoms with Crippen molar-refractivity contribution >= 4 is 27.5 Å².